The molecule has 3 heterocycles. The highest BCUT2D eigenvalue weighted by Crippen LogP contribution is 2.38. The number of hydrogen-bond donors (Lipinski definition) is 1. The van der Waals surface area contributed by atoms with Gasteiger partial charge in [-0.3, -0.25) is 9.59 Å². The van der Waals surface area contributed by atoms with Crippen LogP contribution in [0.4, 0.5) is 5.82 Å². The number of likely N-dealkylation sites (tertiary alicyclic amines) is 1. The van der Waals surface area contributed by atoms with E-state index in [2.05, 4.69) is 15.3 Å². The SMILES string of the molecule is CC(=O)Nc1ccc(C(=O)N2C[C@@H]([C@@H](C)Oc3ccc(Cl)cn3)[C@@H](c3ccc(Cl)c(Cl)c3)C2)cn1. The first-order chi connectivity index (χ1) is 16.7. The molecule has 1 aliphatic heterocycles. The summed E-state index contributed by atoms with van der Waals surface area (Å²) < 4.78 is 6.13. The lowest BCUT2D eigenvalue weighted by molar-refractivity contribution is -0.114. The second-order valence-electron chi connectivity index (χ2n) is 8.40. The monoisotopic (exact) mass is 532 g/mol. The average molecular weight is 534 g/mol. The molecule has 0 radical (unpaired) electrons. The van der Waals surface area contributed by atoms with Crippen molar-refractivity contribution in [2.45, 2.75) is 25.9 Å². The first-order valence-corrected chi connectivity index (χ1v) is 12.1. The zero-order valence-electron chi connectivity index (χ0n) is 19.0. The molecule has 0 saturated carbocycles. The number of amides is 2. The number of halogens is 3. The molecule has 1 saturated heterocycles. The van der Waals surface area contributed by atoms with E-state index in [-0.39, 0.29) is 29.8 Å². The van der Waals surface area contributed by atoms with Gasteiger partial charge in [-0.1, -0.05) is 40.9 Å². The average Bonchev–Trinajstić information content (AvgIpc) is 3.28. The van der Waals surface area contributed by atoms with Crippen LogP contribution in [0.25, 0.3) is 0 Å². The van der Waals surface area contributed by atoms with E-state index in [0.29, 0.717) is 45.4 Å². The highest BCUT2D eigenvalue weighted by molar-refractivity contribution is 6.42. The van der Waals surface area contributed by atoms with Crippen LogP contribution in [0.3, 0.4) is 0 Å². The van der Waals surface area contributed by atoms with E-state index in [1.54, 1.807) is 35.2 Å². The maximum Gasteiger partial charge on any atom is 0.255 e. The van der Waals surface area contributed by atoms with Crippen LogP contribution in [0, 0.1) is 5.92 Å². The zero-order chi connectivity index (χ0) is 25.1. The zero-order valence-corrected chi connectivity index (χ0v) is 21.3. The molecule has 35 heavy (non-hydrogen) atoms. The molecule has 3 atom stereocenters. The Kier molecular flexibility index (Phi) is 7.79. The number of anilines is 1. The van der Waals surface area contributed by atoms with E-state index >= 15 is 0 Å². The molecule has 2 amide bonds. The Morgan fingerprint density at radius 2 is 1.83 bits per heavy atom. The van der Waals surface area contributed by atoms with Gasteiger partial charge in [-0.2, -0.15) is 0 Å². The van der Waals surface area contributed by atoms with Gasteiger partial charge in [0, 0.05) is 50.3 Å². The predicted octanol–water partition coefficient (Wildman–Crippen LogP) is 5.72. The van der Waals surface area contributed by atoms with E-state index in [0.717, 1.165) is 5.56 Å². The molecule has 3 aromatic rings. The van der Waals surface area contributed by atoms with Crippen molar-refractivity contribution >= 4 is 52.4 Å². The van der Waals surface area contributed by atoms with Gasteiger partial charge < -0.3 is 15.0 Å². The lowest BCUT2D eigenvalue weighted by Crippen LogP contribution is -2.32. The molecule has 1 fully saturated rings. The third kappa shape index (κ3) is 6.04. The van der Waals surface area contributed by atoms with Crippen molar-refractivity contribution in [2.24, 2.45) is 5.92 Å². The maximum atomic E-state index is 13.3. The Labute approximate surface area is 218 Å². The van der Waals surface area contributed by atoms with E-state index in [1.807, 2.05) is 19.1 Å². The number of hydrogen-bond acceptors (Lipinski definition) is 5. The summed E-state index contributed by atoms with van der Waals surface area (Å²) in [4.78, 5) is 34.7. The third-order valence-electron chi connectivity index (χ3n) is 5.95. The van der Waals surface area contributed by atoms with Gasteiger partial charge in [0.15, 0.2) is 0 Å². The first-order valence-electron chi connectivity index (χ1n) is 11.0. The fraction of sp³-hybridized carbons (Fsp3) is 0.280. The highest BCUT2D eigenvalue weighted by Gasteiger charge is 2.40. The predicted molar refractivity (Wildman–Crippen MR) is 136 cm³/mol. The minimum Gasteiger partial charge on any atom is -0.474 e. The van der Waals surface area contributed by atoms with Crippen molar-refractivity contribution < 1.29 is 14.3 Å². The number of nitrogens with zero attached hydrogens (tertiary/aromatic N) is 3. The van der Waals surface area contributed by atoms with Crippen molar-refractivity contribution in [1.82, 2.24) is 14.9 Å². The van der Waals surface area contributed by atoms with Crippen LogP contribution in [0.2, 0.25) is 15.1 Å². The standard InChI is InChI=1S/C25H23Cl3N4O3/c1-14(35-24-8-5-18(26)11-30-24)19-12-32(13-20(19)16-3-6-21(27)22(28)9-16)25(34)17-4-7-23(29-10-17)31-15(2)33/h3-11,14,19-20H,12-13H2,1-2H3,(H,29,31,33)/t14-,19+,20-/m1/s1. The Bertz CT molecular complexity index is 1220. The molecular formula is C25H23Cl3N4O3. The van der Waals surface area contributed by atoms with Crippen LogP contribution in [-0.4, -0.2) is 45.9 Å². The van der Waals surface area contributed by atoms with Gasteiger partial charge in [0.25, 0.3) is 5.91 Å². The van der Waals surface area contributed by atoms with Crippen LogP contribution < -0.4 is 10.1 Å². The summed E-state index contributed by atoms with van der Waals surface area (Å²) in [7, 11) is 0. The molecule has 0 spiro atoms. The topological polar surface area (TPSA) is 84.4 Å². The number of pyridine rings is 2. The lowest BCUT2D eigenvalue weighted by atomic mass is 9.86. The Hall–Kier alpha value is -2.87. The molecule has 1 N–H and O–H groups in total. The molecule has 0 aliphatic carbocycles. The van der Waals surface area contributed by atoms with Crippen molar-refractivity contribution in [3.63, 3.8) is 0 Å². The molecule has 2 aromatic heterocycles. The lowest BCUT2D eigenvalue weighted by Gasteiger charge is -2.25. The van der Waals surface area contributed by atoms with Crippen LogP contribution in [0.1, 0.15) is 35.7 Å². The van der Waals surface area contributed by atoms with Gasteiger partial charge in [-0.25, -0.2) is 9.97 Å². The summed E-state index contributed by atoms with van der Waals surface area (Å²) in [5.74, 6) is 0.378. The molecule has 10 heteroatoms. The van der Waals surface area contributed by atoms with E-state index in [4.69, 9.17) is 39.5 Å². The third-order valence-corrected chi connectivity index (χ3v) is 6.91. The Morgan fingerprint density at radius 1 is 1.03 bits per heavy atom. The summed E-state index contributed by atoms with van der Waals surface area (Å²) in [5, 5.41) is 4.05. The fourth-order valence-electron chi connectivity index (χ4n) is 4.23. The number of benzene rings is 1. The molecule has 1 aromatic carbocycles. The first kappa shape index (κ1) is 25.2. The molecule has 0 unspecified atom stereocenters. The number of carbonyl (C=O) groups is 2. The van der Waals surface area contributed by atoms with Crippen molar-refractivity contribution in [1.29, 1.82) is 0 Å². The molecule has 182 valence electrons. The van der Waals surface area contributed by atoms with Gasteiger partial charge in [0.2, 0.25) is 11.8 Å². The van der Waals surface area contributed by atoms with Crippen molar-refractivity contribution in [2.75, 3.05) is 18.4 Å². The van der Waals surface area contributed by atoms with Crippen LogP contribution in [0.15, 0.2) is 54.9 Å². The summed E-state index contributed by atoms with van der Waals surface area (Å²) in [6.07, 6.45) is 2.73. The van der Waals surface area contributed by atoms with E-state index in [9.17, 15) is 9.59 Å². The largest absolute Gasteiger partial charge is 0.474 e. The van der Waals surface area contributed by atoms with Gasteiger partial charge in [-0.05, 0) is 42.8 Å². The number of nitrogens with one attached hydrogen (secondary N) is 1. The Balaban J connectivity index is 1.57. The van der Waals surface area contributed by atoms with Crippen LogP contribution >= 0.6 is 34.8 Å². The minimum absolute atomic E-state index is 0.0392. The Morgan fingerprint density at radius 3 is 2.46 bits per heavy atom. The maximum absolute atomic E-state index is 13.3. The molecule has 7 nitrogen and oxygen atoms in total. The molecule has 0 bridgehead atoms. The van der Waals surface area contributed by atoms with Gasteiger partial charge >= 0.3 is 0 Å². The number of aromatic nitrogens is 2. The van der Waals surface area contributed by atoms with E-state index in [1.165, 1.54) is 19.3 Å². The van der Waals surface area contributed by atoms with Crippen molar-refractivity contribution in [3.8, 4) is 5.88 Å². The number of carbonyl (C=O) groups excluding carboxylic acids is 2. The van der Waals surface area contributed by atoms with Gasteiger partial charge in [-0.15, -0.1) is 0 Å². The minimum atomic E-state index is -0.263. The summed E-state index contributed by atoms with van der Waals surface area (Å²) in [5.41, 5.74) is 1.40. The summed E-state index contributed by atoms with van der Waals surface area (Å²) >= 11 is 18.4. The van der Waals surface area contributed by atoms with Crippen molar-refractivity contribution in [3.05, 3.63) is 81.1 Å². The fourth-order valence-corrected chi connectivity index (χ4v) is 4.65. The van der Waals surface area contributed by atoms with Gasteiger partial charge in [0.1, 0.15) is 11.9 Å². The molecule has 1 aliphatic rings. The normalized spacial score (nSPS) is 18.3. The van der Waals surface area contributed by atoms with Gasteiger partial charge in [0.05, 0.1) is 20.6 Å². The second kappa shape index (κ2) is 10.8. The smallest absolute Gasteiger partial charge is 0.255 e. The summed E-state index contributed by atoms with van der Waals surface area (Å²) in [6.45, 7) is 4.29. The second-order valence-corrected chi connectivity index (χ2v) is 9.66. The quantitative estimate of drug-likeness (QED) is 0.438. The molecular weight excluding hydrogens is 511 g/mol. The summed E-state index contributed by atoms with van der Waals surface area (Å²) in [6, 6.07) is 12.2. The van der Waals surface area contributed by atoms with E-state index < -0.39 is 0 Å². The van der Waals surface area contributed by atoms with Crippen LogP contribution in [0.5, 0.6) is 5.88 Å². The van der Waals surface area contributed by atoms with Crippen LogP contribution in [-0.2, 0) is 4.79 Å². The molecule has 4 rings (SSSR count). The number of ether oxygens (including phenoxy) is 1. The highest BCUT2D eigenvalue weighted by atomic mass is 35.5. The number of rotatable bonds is 6.